The van der Waals surface area contributed by atoms with Gasteiger partial charge in [0.2, 0.25) is 10.0 Å². The summed E-state index contributed by atoms with van der Waals surface area (Å²) in [5.74, 6) is -1.76. The van der Waals surface area contributed by atoms with Crippen molar-refractivity contribution in [3.63, 3.8) is 0 Å². The standard InChI is InChI=1S/C15H24N2O4S/c1-12-5-6-13(14(18)19)9-17(12)22(20,21)11-15(10-16)7-3-2-4-8-15/h12-13H,2-9,11H2,1H3,(H,18,19). The van der Waals surface area contributed by atoms with Gasteiger partial charge >= 0.3 is 5.97 Å². The molecule has 0 radical (unpaired) electrons. The van der Waals surface area contributed by atoms with Crippen molar-refractivity contribution >= 4 is 16.0 Å². The molecule has 6 nitrogen and oxygen atoms in total. The lowest BCUT2D eigenvalue weighted by Gasteiger charge is -2.38. The second kappa shape index (κ2) is 6.55. The van der Waals surface area contributed by atoms with Crippen molar-refractivity contribution in [2.45, 2.75) is 57.9 Å². The van der Waals surface area contributed by atoms with Crippen molar-refractivity contribution in [1.29, 1.82) is 5.26 Å². The monoisotopic (exact) mass is 328 g/mol. The lowest BCUT2D eigenvalue weighted by molar-refractivity contribution is -0.143. The lowest BCUT2D eigenvalue weighted by atomic mass is 9.77. The van der Waals surface area contributed by atoms with Gasteiger partial charge < -0.3 is 5.11 Å². The predicted molar refractivity (Wildman–Crippen MR) is 81.4 cm³/mol. The summed E-state index contributed by atoms with van der Waals surface area (Å²) in [6, 6.07) is 2.04. The average Bonchev–Trinajstić information content (AvgIpc) is 2.47. The molecular weight excluding hydrogens is 304 g/mol. The zero-order valence-electron chi connectivity index (χ0n) is 13.0. The number of nitriles is 1. The summed E-state index contributed by atoms with van der Waals surface area (Å²) in [5.41, 5.74) is -0.799. The molecule has 2 fully saturated rings. The van der Waals surface area contributed by atoms with Crippen molar-refractivity contribution in [3.8, 4) is 6.07 Å². The molecular formula is C15H24N2O4S. The van der Waals surface area contributed by atoms with E-state index in [2.05, 4.69) is 6.07 Å². The second-order valence-corrected chi connectivity index (χ2v) is 8.66. The molecule has 2 rings (SSSR count). The fourth-order valence-corrected chi connectivity index (χ4v) is 5.89. The summed E-state index contributed by atoms with van der Waals surface area (Å²) in [6.07, 6.45) is 5.11. The van der Waals surface area contributed by atoms with Crippen LogP contribution >= 0.6 is 0 Å². The predicted octanol–water partition coefficient (Wildman–Crippen LogP) is 1.98. The molecule has 1 heterocycles. The van der Waals surface area contributed by atoms with Crippen LogP contribution in [-0.2, 0) is 14.8 Å². The van der Waals surface area contributed by atoms with Gasteiger partial charge in [0.05, 0.1) is 23.2 Å². The molecule has 0 aromatic heterocycles. The highest BCUT2D eigenvalue weighted by Gasteiger charge is 2.43. The number of piperidine rings is 1. The third-order valence-electron chi connectivity index (χ3n) is 5.04. The number of hydrogen-bond donors (Lipinski definition) is 1. The first-order valence-corrected chi connectivity index (χ1v) is 9.54. The van der Waals surface area contributed by atoms with Gasteiger partial charge in [-0.05, 0) is 32.6 Å². The van der Waals surface area contributed by atoms with Gasteiger partial charge in [0.15, 0.2) is 0 Å². The zero-order chi connectivity index (χ0) is 16.4. The quantitative estimate of drug-likeness (QED) is 0.850. The maximum absolute atomic E-state index is 12.8. The molecule has 7 heteroatoms. The number of carboxylic acids is 1. The Bertz CT molecular complexity index is 561. The fraction of sp³-hybridized carbons (Fsp3) is 0.867. The third kappa shape index (κ3) is 3.61. The van der Waals surface area contributed by atoms with E-state index in [1.54, 1.807) is 0 Å². The summed E-state index contributed by atoms with van der Waals surface area (Å²) < 4.78 is 26.9. The Labute approximate surface area is 132 Å². The summed E-state index contributed by atoms with van der Waals surface area (Å²) in [5, 5.41) is 18.6. The Morgan fingerprint density at radius 1 is 1.32 bits per heavy atom. The molecule has 22 heavy (non-hydrogen) atoms. The molecule has 0 bridgehead atoms. The van der Waals surface area contributed by atoms with Crippen LogP contribution in [0.5, 0.6) is 0 Å². The molecule has 2 aliphatic rings. The number of aliphatic carboxylic acids is 1. The Balaban J connectivity index is 2.17. The van der Waals surface area contributed by atoms with Crippen molar-refractivity contribution < 1.29 is 18.3 Å². The van der Waals surface area contributed by atoms with Crippen molar-refractivity contribution in [1.82, 2.24) is 4.31 Å². The van der Waals surface area contributed by atoms with Crippen LogP contribution in [0.3, 0.4) is 0 Å². The largest absolute Gasteiger partial charge is 0.481 e. The van der Waals surface area contributed by atoms with Gasteiger partial charge in [0.25, 0.3) is 0 Å². The SMILES string of the molecule is CC1CCC(C(=O)O)CN1S(=O)(=O)CC1(C#N)CCCCC1. The van der Waals surface area contributed by atoms with E-state index in [1.807, 2.05) is 6.92 Å². The van der Waals surface area contributed by atoms with Crippen LogP contribution in [0.25, 0.3) is 0 Å². The van der Waals surface area contributed by atoms with Crippen LogP contribution in [-0.4, -0.2) is 42.1 Å². The molecule has 2 atom stereocenters. The number of carbonyl (C=O) groups is 1. The van der Waals surface area contributed by atoms with Gasteiger partial charge in [-0.15, -0.1) is 0 Å². The number of rotatable bonds is 4. The van der Waals surface area contributed by atoms with Crippen LogP contribution in [0.2, 0.25) is 0 Å². The molecule has 0 amide bonds. The Morgan fingerprint density at radius 3 is 2.50 bits per heavy atom. The van der Waals surface area contributed by atoms with E-state index in [1.165, 1.54) is 4.31 Å². The Kier molecular flexibility index (Phi) is 5.13. The minimum Gasteiger partial charge on any atom is -0.481 e. The maximum atomic E-state index is 12.8. The van der Waals surface area contributed by atoms with E-state index in [0.717, 1.165) is 19.3 Å². The zero-order valence-corrected chi connectivity index (χ0v) is 13.8. The summed E-state index contributed by atoms with van der Waals surface area (Å²) in [4.78, 5) is 11.2. The van der Waals surface area contributed by atoms with Crippen LogP contribution in [0.4, 0.5) is 0 Å². The van der Waals surface area contributed by atoms with Crippen molar-refractivity contribution in [2.24, 2.45) is 11.3 Å². The minimum atomic E-state index is -3.62. The fourth-order valence-electron chi connectivity index (χ4n) is 3.61. The number of sulfonamides is 1. The number of carboxylic acid groups (broad SMARTS) is 1. The van der Waals surface area contributed by atoms with E-state index < -0.39 is 27.3 Å². The first-order chi connectivity index (χ1) is 10.3. The molecule has 1 aliphatic heterocycles. The third-order valence-corrected chi connectivity index (χ3v) is 7.18. The average molecular weight is 328 g/mol. The minimum absolute atomic E-state index is 0.0281. The highest BCUT2D eigenvalue weighted by molar-refractivity contribution is 7.89. The normalized spacial score (nSPS) is 29.6. The molecule has 1 N–H and O–H groups in total. The first-order valence-electron chi connectivity index (χ1n) is 7.93. The molecule has 1 aliphatic carbocycles. The molecule has 1 saturated carbocycles. The smallest absolute Gasteiger partial charge is 0.307 e. The van der Waals surface area contributed by atoms with Crippen LogP contribution < -0.4 is 0 Å². The maximum Gasteiger partial charge on any atom is 0.307 e. The first kappa shape index (κ1) is 17.2. The summed E-state index contributed by atoms with van der Waals surface area (Å²) in [6.45, 7) is 1.84. The van der Waals surface area contributed by atoms with E-state index >= 15 is 0 Å². The topological polar surface area (TPSA) is 98.5 Å². The van der Waals surface area contributed by atoms with E-state index in [-0.39, 0.29) is 18.3 Å². The van der Waals surface area contributed by atoms with E-state index in [9.17, 15) is 18.5 Å². The molecule has 124 valence electrons. The summed E-state index contributed by atoms with van der Waals surface area (Å²) >= 11 is 0. The Hall–Kier alpha value is -1.13. The van der Waals surface area contributed by atoms with E-state index in [0.29, 0.717) is 25.7 Å². The molecule has 0 aromatic rings. The van der Waals surface area contributed by atoms with Gasteiger partial charge in [-0.3, -0.25) is 4.79 Å². The highest BCUT2D eigenvalue weighted by Crippen LogP contribution is 2.38. The number of nitrogens with zero attached hydrogens (tertiary/aromatic N) is 2. The molecule has 1 saturated heterocycles. The van der Waals surface area contributed by atoms with E-state index in [4.69, 9.17) is 5.11 Å². The van der Waals surface area contributed by atoms with Gasteiger partial charge in [-0.25, -0.2) is 8.42 Å². The lowest BCUT2D eigenvalue weighted by Crippen LogP contribution is -2.50. The van der Waals surface area contributed by atoms with Gasteiger partial charge in [0.1, 0.15) is 0 Å². The van der Waals surface area contributed by atoms with Crippen molar-refractivity contribution in [3.05, 3.63) is 0 Å². The van der Waals surface area contributed by atoms with Gasteiger partial charge in [0, 0.05) is 12.6 Å². The second-order valence-electron chi connectivity index (χ2n) is 6.74. The highest BCUT2D eigenvalue weighted by atomic mass is 32.2. The van der Waals surface area contributed by atoms with Crippen LogP contribution in [0.15, 0.2) is 0 Å². The molecule has 0 aromatic carbocycles. The van der Waals surface area contributed by atoms with Gasteiger partial charge in [-0.2, -0.15) is 9.57 Å². The van der Waals surface area contributed by atoms with Gasteiger partial charge in [-0.1, -0.05) is 19.3 Å². The van der Waals surface area contributed by atoms with Crippen molar-refractivity contribution in [2.75, 3.05) is 12.3 Å². The number of hydrogen-bond acceptors (Lipinski definition) is 4. The Morgan fingerprint density at radius 2 is 1.95 bits per heavy atom. The van der Waals surface area contributed by atoms with Crippen LogP contribution in [0.1, 0.15) is 51.9 Å². The molecule has 2 unspecified atom stereocenters. The molecule has 0 spiro atoms. The van der Waals surface area contributed by atoms with Crippen LogP contribution in [0, 0.1) is 22.7 Å². The summed E-state index contributed by atoms with van der Waals surface area (Å²) in [7, 11) is -3.62.